The van der Waals surface area contributed by atoms with E-state index in [9.17, 15) is 19.8 Å². The number of ketones is 2. The zero-order chi connectivity index (χ0) is 18.0. The van der Waals surface area contributed by atoms with Gasteiger partial charge in [0, 0.05) is 17.3 Å². The maximum Gasteiger partial charge on any atom is 0.178 e. The first-order valence-electron chi connectivity index (χ1n) is 9.39. The third-order valence-electron chi connectivity index (χ3n) is 7.62. The van der Waals surface area contributed by atoms with Crippen LogP contribution in [0.1, 0.15) is 39.0 Å². The Bertz CT molecular complexity index is 683. The Labute approximate surface area is 148 Å². The van der Waals surface area contributed by atoms with Gasteiger partial charge in [-0.1, -0.05) is 18.6 Å². The molecule has 4 aliphatic rings. The van der Waals surface area contributed by atoms with Crippen molar-refractivity contribution in [2.75, 3.05) is 6.54 Å². The summed E-state index contributed by atoms with van der Waals surface area (Å²) in [5, 5.41) is 22.0. The average molecular weight is 345 g/mol. The highest BCUT2D eigenvalue weighted by Crippen LogP contribution is 2.62. The number of aliphatic hydroxyl groups is 2. The van der Waals surface area contributed by atoms with Crippen molar-refractivity contribution < 1.29 is 19.8 Å². The molecule has 0 radical (unpaired) electrons. The molecule has 25 heavy (non-hydrogen) atoms. The van der Waals surface area contributed by atoms with E-state index in [-0.39, 0.29) is 47.2 Å². The summed E-state index contributed by atoms with van der Waals surface area (Å²) < 4.78 is 0. The second-order valence-corrected chi connectivity index (χ2v) is 8.58. The number of allylic oxidation sites excluding steroid dienone is 4. The van der Waals surface area contributed by atoms with E-state index in [0.29, 0.717) is 12.8 Å². The molecular weight excluding hydrogens is 318 g/mol. The largest absolute Gasteiger partial charge is 0.393 e. The number of hydrogen-bond acceptors (Lipinski definition) is 5. The summed E-state index contributed by atoms with van der Waals surface area (Å²) in [5.41, 5.74) is 4.96. The molecule has 5 nitrogen and oxygen atoms in total. The lowest BCUT2D eigenvalue weighted by Gasteiger charge is -2.56. The van der Waals surface area contributed by atoms with E-state index in [4.69, 9.17) is 5.73 Å². The number of hydrogen-bond donors (Lipinski definition) is 3. The zero-order valence-electron chi connectivity index (χ0n) is 14.6. The van der Waals surface area contributed by atoms with E-state index in [2.05, 4.69) is 6.92 Å². The van der Waals surface area contributed by atoms with Gasteiger partial charge >= 0.3 is 0 Å². The van der Waals surface area contributed by atoms with E-state index in [1.54, 1.807) is 12.2 Å². The second kappa shape index (κ2) is 5.60. The topological polar surface area (TPSA) is 101 Å². The fourth-order valence-corrected chi connectivity index (χ4v) is 6.46. The molecule has 0 aromatic carbocycles. The third kappa shape index (κ3) is 2.25. The van der Waals surface area contributed by atoms with E-state index in [1.807, 2.05) is 6.08 Å². The molecule has 4 rings (SSSR count). The molecule has 4 N–H and O–H groups in total. The molecule has 4 aliphatic carbocycles. The molecule has 0 amide bonds. The van der Waals surface area contributed by atoms with Crippen LogP contribution in [0.4, 0.5) is 0 Å². The minimum atomic E-state index is -1.37. The van der Waals surface area contributed by atoms with Gasteiger partial charge in [-0.05, 0) is 56.1 Å². The monoisotopic (exact) mass is 345 g/mol. The number of aliphatic hydroxyl groups excluding tert-OH is 1. The molecule has 0 saturated heterocycles. The number of rotatable bonds is 2. The van der Waals surface area contributed by atoms with Crippen molar-refractivity contribution in [2.24, 2.45) is 34.8 Å². The van der Waals surface area contributed by atoms with Gasteiger partial charge in [0.05, 0.1) is 12.6 Å². The SMILES string of the molecule is C[C@]12C=CC(=O)C=C1CC[C@H]1[C@@H]3CC[C@](O)(C(=O)CN)[C@H]3C[C@H](O)[C@@H]12. The van der Waals surface area contributed by atoms with Crippen molar-refractivity contribution in [3.63, 3.8) is 0 Å². The fraction of sp³-hybridized carbons (Fsp3) is 0.700. The molecule has 0 aliphatic heterocycles. The predicted molar refractivity (Wildman–Crippen MR) is 92.4 cm³/mol. The summed E-state index contributed by atoms with van der Waals surface area (Å²) in [7, 11) is 0. The van der Waals surface area contributed by atoms with Gasteiger partial charge in [0.1, 0.15) is 5.60 Å². The standard InChI is InChI=1S/C20H27NO4/c1-19-6-4-12(22)8-11(19)2-3-14-13-5-7-20(25,17(24)10-21)15(13)9-16(23)18(14)19/h4,6,8,13-16,18,23,25H,2-3,5,7,9-10,21H2,1H3/t13-,14-,15-,16-,18+,19-,20+/m0/s1. The molecule has 0 aromatic rings. The van der Waals surface area contributed by atoms with Crippen LogP contribution < -0.4 is 5.73 Å². The van der Waals surface area contributed by atoms with Crippen LogP contribution in [0, 0.1) is 29.1 Å². The normalized spacial score (nSPS) is 48.4. The molecule has 0 spiro atoms. The van der Waals surface area contributed by atoms with Gasteiger partial charge in [-0.2, -0.15) is 0 Å². The Balaban J connectivity index is 1.69. The average Bonchev–Trinajstić information content (AvgIpc) is 2.92. The van der Waals surface area contributed by atoms with Crippen LogP contribution >= 0.6 is 0 Å². The lowest BCUT2D eigenvalue weighted by Crippen LogP contribution is -2.57. The maximum absolute atomic E-state index is 12.3. The number of carbonyl (C=O) groups is 2. The van der Waals surface area contributed by atoms with Crippen molar-refractivity contribution in [1.29, 1.82) is 0 Å². The molecule has 136 valence electrons. The molecular formula is C20H27NO4. The second-order valence-electron chi connectivity index (χ2n) is 8.58. The van der Waals surface area contributed by atoms with Crippen LogP contribution in [0.3, 0.4) is 0 Å². The van der Waals surface area contributed by atoms with Crippen molar-refractivity contribution in [3.05, 3.63) is 23.8 Å². The van der Waals surface area contributed by atoms with Crippen LogP contribution in [0.5, 0.6) is 0 Å². The van der Waals surface area contributed by atoms with Crippen molar-refractivity contribution in [2.45, 2.75) is 50.7 Å². The van der Waals surface area contributed by atoms with Gasteiger partial charge in [-0.15, -0.1) is 0 Å². The van der Waals surface area contributed by atoms with Crippen LogP contribution in [0.15, 0.2) is 23.8 Å². The highest BCUT2D eigenvalue weighted by molar-refractivity contribution is 6.01. The Morgan fingerprint density at radius 1 is 1.36 bits per heavy atom. The molecule has 0 unspecified atom stereocenters. The van der Waals surface area contributed by atoms with E-state index in [1.165, 1.54) is 0 Å². The Hall–Kier alpha value is -1.30. The quantitative estimate of drug-likeness (QED) is 0.697. The zero-order valence-corrected chi connectivity index (χ0v) is 14.6. The lowest BCUT2D eigenvalue weighted by molar-refractivity contribution is -0.151. The van der Waals surface area contributed by atoms with Gasteiger partial charge in [0.2, 0.25) is 0 Å². The maximum atomic E-state index is 12.3. The summed E-state index contributed by atoms with van der Waals surface area (Å²) in [6.07, 6.45) is 8.15. The lowest BCUT2D eigenvalue weighted by atomic mass is 9.49. The molecule has 0 heterocycles. The molecule has 0 aromatic heterocycles. The fourth-order valence-electron chi connectivity index (χ4n) is 6.46. The summed E-state index contributed by atoms with van der Waals surface area (Å²) in [4.78, 5) is 24.0. The number of carbonyl (C=O) groups excluding carboxylic acids is 2. The van der Waals surface area contributed by atoms with Crippen molar-refractivity contribution in [1.82, 2.24) is 0 Å². The highest BCUT2D eigenvalue weighted by atomic mass is 16.3. The first-order valence-corrected chi connectivity index (χ1v) is 9.39. The van der Waals surface area contributed by atoms with Gasteiger partial charge in [0.25, 0.3) is 0 Å². The summed E-state index contributed by atoms with van der Waals surface area (Å²) >= 11 is 0. The minimum absolute atomic E-state index is 0.0258. The Morgan fingerprint density at radius 2 is 2.12 bits per heavy atom. The van der Waals surface area contributed by atoms with E-state index < -0.39 is 11.7 Å². The van der Waals surface area contributed by atoms with Crippen LogP contribution in [0.2, 0.25) is 0 Å². The third-order valence-corrected chi connectivity index (χ3v) is 7.62. The number of fused-ring (bicyclic) bond motifs is 5. The first kappa shape index (κ1) is 17.1. The molecule has 5 heteroatoms. The Morgan fingerprint density at radius 3 is 2.84 bits per heavy atom. The number of Topliss-reactive ketones (excluding diaryl/α,β-unsaturated/α-hetero) is 1. The molecule has 7 atom stereocenters. The van der Waals surface area contributed by atoms with Crippen LogP contribution in [-0.2, 0) is 9.59 Å². The molecule has 3 saturated carbocycles. The smallest absolute Gasteiger partial charge is 0.178 e. The van der Waals surface area contributed by atoms with Gasteiger partial charge < -0.3 is 15.9 Å². The minimum Gasteiger partial charge on any atom is -0.393 e. The van der Waals surface area contributed by atoms with Gasteiger partial charge in [-0.25, -0.2) is 0 Å². The van der Waals surface area contributed by atoms with E-state index >= 15 is 0 Å². The summed E-state index contributed by atoms with van der Waals surface area (Å²) in [6.45, 7) is 1.97. The van der Waals surface area contributed by atoms with Crippen LogP contribution in [0.25, 0.3) is 0 Å². The first-order chi connectivity index (χ1) is 11.8. The van der Waals surface area contributed by atoms with Crippen molar-refractivity contribution >= 4 is 11.6 Å². The van der Waals surface area contributed by atoms with Crippen LogP contribution in [-0.4, -0.2) is 40.0 Å². The molecule has 0 bridgehead atoms. The van der Waals surface area contributed by atoms with Gasteiger partial charge in [0.15, 0.2) is 11.6 Å². The summed E-state index contributed by atoms with van der Waals surface area (Å²) in [6, 6.07) is 0. The summed E-state index contributed by atoms with van der Waals surface area (Å²) in [5.74, 6) is 0.0533. The molecule has 3 fully saturated rings. The Kier molecular flexibility index (Phi) is 3.84. The predicted octanol–water partition coefficient (Wildman–Crippen LogP) is 1.13. The van der Waals surface area contributed by atoms with Crippen molar-refractivity contribution in [3.8, 4) is 0 Å². The van der Waals surface area contributed by atoms with E-state index in [0.717, 1.165) is 24.8 Å². The number of nitrogens with two attached hydrogens (primary N) is 1. The van der Waals surface area contributed by atoms with Gasteiger partial charge in [-0.3, -0.25) is 9.59 Å². The highest BCUT2D eigenvalue weighted by Gasteiger charge is 2.62.